The third-order valence-electron chi connectivity index (χ3n) is 3.99. The summed E-state index contributed by atoms with van der Waals surface area (Å²) >= 11 is 5.61. The smallest absolute Gasteiger partial charge is 0.372 e. The van der Waals surface area contributed by atoms with Gasteiger partial charge in [0.15, 0.2) is 0 Å². The molecule has 0 aromatic heterocycles. The second-order valence-electron chi connectivity index (χ2n) is 5.31. The molecule has 112 valence electrons. The lowest BCUT2D eigenvalue weighted by Crippen LogP contribution is -2.32. The van der Waals surface area contributed by atoms with Crippen LogP contribution in [0.1, 0.15) is 37.3 Å². The number of alkyl halides is 4. The summed E-state index contributed by atoms with van der Waals surface area (Å²) in [4.78, 5) is 2.02. The van der Waals surface area contributed by atoms with E-state index in [1.165, 1.54) is 31.4 Å². The molecule has 0 bridgehead atoms. The number of anilines is 1. The van der Waals surface area contributed by atoms with Gasteiger partial charge in [0.2, 0.25) is 0 Å². The highest BCUT2D eigenvalue weighted by molar-refractivity contribution is 6.17. The van der Waals surface area contributed by atoms with E-state index in [9.17, 15) is 13.2 Å². The van der Waals surface area contributed by atoms with Crippen molar-refractivity contribution in [2.75, 3.05) is 18.0 Å². The summed E-state index contributed by atoms with van der Waals surface area (Å²) in [7, 11) is 0. The summed E-state index contributed by atoms with van der Waals surface area (Å²) in [6.45, 7) is 3.53. The van der Waals surface area contributed by atoms with Gasteiger partial charge in [-0.2, -0.15) is 13.2 Å². The van der Waals surface area contributed by atoms with Crippen LogP contribution in [0.5, 0.6) is 0 Å². The lowest BCUT2D eigenvalue weighted by molar-refractivity contribution is -0.138. The topological polar surface area (TPSA) is 3.24 Å². The van der Waals surface area contributed by atoms with Crippen LogP contribution in [0.15, 0.2) is 18.2 Å². The Morgan fingerprint density at radius 3 is 2.45 bits per heavy atom. The second kappa shape index (κ2) is 6.25. The molecule has 0 heterocycles. The SMILES string of the molecule is CCN(CC1CCC1)c1ccc(CCl)c(C(F)(F)F)c1. The summed E-state index contributed by atoms with van der Waals surface area (Å²) in [6, 6.07) is 4.48. The highest BCUT2D eigenvalue weighted by Crippen LogP contribution is 2.36. The van der Waals surface area contributed by atoms with Crippen molar-refractivity contribution in [3.05, 3.63) is 29.3 Å². The van der Waals surface area contributed by atoms with Gasteiger partial charge in [0.05, 0.1) is 5.56 Å². The van der Waals surface area contributed by atoms with Crippen molar-refractivity contribution in [3.63, 3.8) is 0 Å². The van der Waals surface area contributed by atoms with E-state index in [0.717, 1.165) is 6.54 Å². The maximum atomic E-state index is 13.0. The zero-order valence-corrected chi connectivity index (χ0v) is 12.3. The highest BCUT2D eigenvalue weighted by atomic mass is 35.5. The number of nitrogens with zero attached hydrogens (tertiary/aromatic N) is 1. The third kappa shape index (κ3) is 3.40. The quantitative estimate of drug-likeness (QED) is 0.686. The molecular weight excluding hydrogens is 287 g/mol. The fraction of sp³-hybridized carbons (Fsp3) is 0.600. The molecule has 1 saturated carbocycles. The van der Waals surface area contributed by atoms with Crippen molar-refractivity contribution in [1.29, 1.82) is 0 Å². The van der Waals surface area contributed by atoms with Gasteiger partial charge in [0, 0.05) is 24.7 Å². The average molecular weight is 306 g/mol. The minimum Gasteiger partial charge on any atom is -0.372 e. The Morgan fingerprint density at radius 1 is 1.30 bits per heavy atom. The minimum atomic E-state index is -4.35. The Balaban J connectivity index is 2.26. The van der Waals surface area contributed by atoms with Crippen molar-refractivity contribution in [2.24, 2.45) is 5.92 Å². The molecule has 1 aromatic carbocycles. The van der Waals surface area contributed by atoms with Gasteiger partial charge in [-0.1, -0.05) is 12.5 Å². The Bertz CT molecular complexity index is 455. The third-order valence-corrected chi connectivity index (χ3v) is 4.28. The maximum absolute atomic E-state index is 13.0. The minimum absolute atomic E-state index is 0.121. The fourth-order valence-corrected chi connectivity index (χ4v) is 2.78. The molecule has 2 rings (SSSR count). The number of benzene rings is 1. The zero-order chi connectivity index (χ0) is 14.8. The van der Waals surface area contributed by atoms with E-state index in [0.29, 0.717) is 18.2 Å². The molecule has 1 fully saturated rings. The normalized spacial score (nSPS) is 16.1. The molecule has 0 atom stereocenters. The van der Waals surface area contributed by atoms with Crippen LogP contribution in [0.4, 0.5) is 18.9 Å². The van der Waals surface area contributed by atoms with Gasteiger partial charge in [-0.3, -0.25) is 0 Å². The van der Waals surface area contributed by atoms with Gasteiger partial charge in [-0.25, -0.2) is 0 Å². The van der Waals surface area contributed by atoms with E-state index >= 15 is 0 Å². The Hall–Kier alpha value is -0.900. The summed E-state index contributed by atoms with van der Waals surface area (Å²) in [5.41, 5.74) is 0.167. The van der Waals surface area contributed by atoms with Crippen molar-refractivity contribution in [2.45, 2.75) is 38.2 Å². The van der Waals surface area contributed by atoms with Gasteiger partial charge < -0.3 is 4.90 Å². The van der Waals surface area contributed by atoms with E-state index in [1.807, 2.05) is 11.8 Å². The first-order valence-corrected chi connectivity index (χ1v) is 7.50. The van der Waals surface area contributed by atoms with Crippen LogP contribution in [0.2, 0.25) is 0 Å². The molecule has 0 amide bonds. The molecule has 0 aliphatic heterocycles. The molecular formula is C15H19ClF3N. The molecule has 1 aliphatic rings. The van der Waals surface area contributed by atoms with E-state index in [1.54, 1.807) is 6.07 Å². The number of hydrogen-bond donors (Lipinski definition) is 0. The summed E-state index contributed by atoms with van der Waals surface area (Å²) in [5.74, 6) is 0.501. The van der Waals surface area contributed by atoms with Crippen LogP contribution in [-0.4, -0.2) is 13.1 Å². The molecule has 0 radical (unpaired) electrons. The van der Waals surface area contributed by atoms with Crippen molar-refractivity contribution < 1.29 is 13.2 Å². The van der Waals surface area contributed by atoms with Crippen LogP contribution in [-0.2, 0) is 12.1 Å². The van der Waals surface area contributed by atoms with Crippen molar-refractivity contribution in [3.8, 4) is 0 Å². The van der Waals surface area contributed by atoms with Crippen molar-refractivity contribution in [1.82, 2.24) is 0 Å². The first kappa shape index (κ1) is 15.5. The predicted molar refractivity (Wildman–Crippen MR) is 76.2 cm³/mol. The number of hydrogen-bond acceptors (Lipinski definition) is 1. The van der Waals surface area contributed by atoms with Crippen LogP contribution in [0.25, 0.3) is 0 Å². The summed E-state index contributed by atoms with van der Waals surface area (Å²) in [6.07, 6.45) is -0.748. The highest BCUT2D eigenvalue weighted by Gasteiger charge is 2.33. The molecule has 1 aromatic rings. The summed E-state index contributed by atoms with van der Waals surface area (Å²) in [5, 5.41) is 0. The molecule has 20 heavy (non-hydrogen) atoms. The first-order chi connectivity index (χ1) is 9.45. The van der Waals surface area contributed by atoms with Gasteiger partial charge in [0.1, 0.15) is 0 Å². The van der Waals surface area contributed by atoms with Crippen LogP contribution >= 0.6 is 11.6 Å². The Morgan fingerprint density at radius 2 is 2.00 bits per heavy atom. The van der Waals surface area contributed by atoms with Crippen LogP contribution in [0.3, 0.4) is 0 Å². The monoisotopic (exact) mass is 305 g/mol. The van der Waals surface area contributed by atoms with Gasteiger partial charge in [-0.05, 0) is 43.4 Å². The van der Waals surface area contributed by atoms with E-state index < -0.39 is 11.7 Å². The van der Waals surface area contributed by atoms with E-state index in [4.69, 9.17) is 11.6 Å². The largest absolute Gasteiger partial charge is 0.416 e. The molecule has 0 N–H and O–H groups in total. The molecule has 1 nitrogen and oxygen atoms in total. The number of rotatable bonds is 5. The summed E-state index contributed by atoms with van der Waals surface area (Å²) < 4.78 is 39.1. The lowest BCUT2D eigenvalue weighted by atomic mass is 9.85. The Kier molecular flexibility index (Phi) is 4.84. The first-order valence-electron chi connectivity index (χ1n) is 6.96. The molecule has 0 saturated heterocycles. The van der Waals surface area contributed by atoms with E-state index in [-0.39, 0.29) is 11.4 Å². The molecule has 0 spiro atoms. The zero-order valence-electron chi connectivity index (χ0n) is 11.5. The molecule has 0 unspecified atom stereocenters. The number of halogens is 4. The average Bonchev–Trinajstić information content (AvgIpc) is 2.36. The molecule has 5 heteroatoms. The standard InChI is InChI=1S/C15H19ClF3N/c1-2-20(10-11-4-3-5-11)13-7-6-12(9-16)14(8-13)15(17,18)19/h6-8,11H,2-5,9-10H2,1H3. The van der Waals surface area contributed by atoms with Crippen molar-refractivity contribution >= 4 is 17.3 Å². The fourth-order valence-electron chi connectivity index (χ4n) is 2.55. The van der Waals surface area contributed by atoms with Gasteiger partial charge >= 0.3 is 6.18 Å². The van der Waals surface area contributed by atoms with Gasteiger partial charge in [0.25, 0.3) is 0 Å². The van der Waals surface area contributed by atoms with Crippen LogP contribution in [0, 0.1) is 5.92 Å². The lowest BCUT2D eigenvalue weighted by Gasteiger charge is -2.33. The second-order valence-corrected chi connectivity index (χ2v) is 5.58. The molecule has 1 aliphatic carbocycles. The predicted octanol–water partition coefficient (Wildman–Crippen LogP) is 5.07. The van der Waals surface area contributed by atoms with Crippen LogP contribution < -0.4 is 4.90 Å². The van der Waals surface area contributed by atoms with E-state index in [2.05, 4.69) is 0 Å². The van der Waals surface area contributed by atoms with Gasteiger partial charge in [-0.15, -0.1) is 11.6 Å². The maximum Gasteiger partial charge on any atom is 0.416 e. The Labute approximate surface area is 122 Å².